The lowest BCUT2D eigenvalue weighted by atomic mass is 10.2. The maximum Gasteiger partial charge on any atom is 0.435 e. The molecule has 26 heavy (non-hydrogen) atoms. The molecule has 0 bridgehead atoms. The Hall–Kier alpha value is -2.43. The van der Waals surface area contributed by atoms with Crippen LogP contribution in [-0.2, 0) is 24.2 Å². The maximum absolute atomic E-state index is 13.1. The van der Waals surface area contributed by atoms with E-state index in [1.54, 1.807) is 0 Å². The van der Waals surface area contributed by atoms with Gasteiger partial charge in [-0.3, -0.25) is 4.68 Å². The molecule has 0 aliphatic rings. The summed E-state index contributed by atoms with van der Waals surface area (Å²) in [6, 6.07) is 4.04. The number of rotatable bonds is 4. The van der Waals surface area contributed by atoms with Crippen LogP contribution < -0.4 is 0 Å². The number of carboxylic acids is 1. The van der Waals surface area contributed by atoms with Crippen molar-refractivity contribution in [3.63, 3.8) is 0 Å². The second-order valence-electron chi connectivity index (χ2n) is 4.99. The molecule has 0 fully saturated rings. The highest BCUT2D eigenvalue weighted by molar-refractivity contribution is 7.99. The van der Waals surface area contributed by atoms with Crippen molar-refractivity contribution in [3.8, 4) is 0 Å². The molecule has 0 atom stereocenters. The molecule has 0 aliphatic carbocycles. The summed E-state index contributed by atoms with van der Waals surface area (Å²) in [5.41, 5.74) is -2.82. The molecular formula is C15H10F6N2O2S. The highest BCUT2D eigenvalue weighted by atomic mass is 32.2. The largest absolute Gasteiger partial charge is 0.478 e. The van der Waals surface area contributed by atoms with Crippen molar-refractivity contribution < 1.29 is 36.2 Å². The van der Waals surface area contributed by atoms with Gasteiger partial charge < -0.3 is 5.11 Å². The molecule has 2 rings (SSSR count). The predicted octanol–water partition coefficient (Wildman–Crippen LogP) is 4.71. The number of hydrogen-bond donors (Lipinski definition) is 1. The summed E-state index contributed by atoms with van der Waals surface area (Å²) < 4.78 is 78.5. The van der Waals surface area contributed by atoms with Crippen molar-refractivity contribution >= 4 is 23.8 Å². The third-order valence-corrected chi connectivity index (χ3v) is 4.23. The molecule has 1 N–H and O–H groups in total. The fourth-order valence-electron chi connectivity index (χ4n) is 2.01. The van der Waals surface area contributed by atoms with Crippen LogP contribution in [0.25, 0.3) is 6.08 Å². The Bertz CT molecular complexity index is 855. The molecule has 0 saturated carbocycles. The lowest BCUT2D eigenvalue weighted by molar-refractivity contribution is -0.141. The molecule has 1 aromatic heterocycles. The van der Waals surface area contributed by atoms with E-state index in [-0.39, 0.29) is 9.92 Å². The van der Waals surface area contributed by atoms with Gasteiger partial charge in [0.15, 0.2) is 5.69 Å². The van der Waals surface area contributed by atoms with E-state index in [9.17, 15) is 31.1 Å². The molecule has 0 spiro atoms. The van der Waals surface area contributed by atoms with Crippen LogP contribution >= 0.6 is 11.8 Å². The number of aromatic nitrogens is 2. The monoisotopic (exact) mass is 396 g/mol. The smallest absolute Gasteiger partial charge is 0.435 e. The Labute approximate surface area is 147 Å². The van der Waals surface area contributed by atoms with Crippen LogP contribution in [0.2, 0.25) is 0 Å². The third-order valence-electron chi connectivity index (χ3n) is 3.07. The van der Waals surface area contributed by atoms with Crippen LogP contribution in [0, 0.1) is 0 Å². The van der Waals surface area contributed by atoms with E-state index in [1.807, 2.05) is 0 Å². The number of benzene rings is 1. The average molecular weight is 396 g/mol. The SMILES string of the molecule is Cn1nc(C(F)(F)F)c(/C=C/C(=O)O)c1Sc1cccc(C(F)(F)F)c1. The zero-order chi connectivity index (χ0) is 19.7. The van der Waals surface area contributed by atoms with Crippen LogP contribution in [-0.4, -0.2) is 20.9 Å². The van der Waals surface area contributed by atoms with Gasteiger partial charge in [-0.25, -0.2) is 4.79 Å². The van der Waals surface area contributed by atoms with Crippen molar-refractivity contribution in [2.45, 2.75) is 22.3 Å². The van der Waals surface area contributed by atoms with Crippen LogP contribution in [0.4, 0.5) is 26.3 Å². The Morgan fingerprint density at radius 1 is 1.19 bits per heavy atom. The first kappa shape index (κ1) is 19.9. The molecule has 1 heterocycles. The summed E-state index contributed by atoms with van der Waals surface area (Å²) in [7, 11) is 1.18. The summed E-state index contributed by atoms with van der Waals surface area (Å²) in [6.07, 6.45) is -8.24. The Balaban J connectivity index is 2.53. The summed E-state index contributed by atoms with van der Waals surface area (Å²) in [4.78, 5) is 10.7. The zero-order valence-corrected chi connectivity index (χ0v) is 13.7. The van der Waals surface area contributed by atoms with Gasteiger partial charge in [0.25, 0.3) is 0 Å². The number of halogens is 6. The van der Waals surface area contributed by atoms with Crippen LogP contribution in [0.5, 0.6) is 0 Å². The van der Waals surface area contributed by atoms with Crippen molar-refractivity contribution in [1.29, 1.82) is 0 Å². The number of aliphatic carboxylic acids is 1. The second kappa shape index (κ2) is 7.06. The van der Waals surface area contributed by atoms with Gasteiger partial charge in [0.2, 0.25) is 0 Å². The van der Waals surface area contributed by atoms with Crippen molar-refractivity contribution in [2.75, 3.05) is 0 Å². The molecule has 11 heteroatoms. The first-order chi connectivity index (χ1) is 11.9. The number of carboxylic acid groups (broad SMARTS) is 1. The molecular weight excluding hydrogens is 386 g/mol. The van der Waals surface area contributed by atoms with Gasteiger partial charge in [-0.2, -0.15) is 31.4 Å². The molecule has 0 amide bonds. The van der Waals surface area contributed by atoms with E-state index in [0.29, 0.717) is 23.9 Å². The number of nitrogens with zero attached hydrogens (tertiary/aromatic N) is 2. The average Bonchev–Trinajstić information content (AvgIpc) is 2.81. The van der Waals surface area contributed by atoms with Gasteiger partial charge in [-0.1, -0.05) is 17.8 Å². The van der Waals surface area contributed by atoms with Crippen molar-refractivity contribution in [3.05, 3.63) is 47.2 Å². The molecule has 4 nitrogen and oxygen atoms in total. The minimum atomic E-state index is -4.86. The summed E-state index contributed by atoms with van der Waals surface area (Å²) >= 11 is 0.616. The topological polar surface area (TPSA) is 55.1 Å². The Kier molecular flexibility index (Phi) is 5.40. The first-order valence-corrected chi connectivity index (χ1v) is 7.61. The van der Waals surface area contributed by atoms with Gasteiger partial charge >= 0.3 is 18.3 Å². The number of aryl methyl sites for hydroxylation is 1. The normalized spacial score (nSPS) is 12.7. The van der Waals surface area contributed by atoms with Gasteiger partial charge in [0, 0.05) is 23.6 Å². The summed E-state index contributed by atoms with van der Waals surface area (Å²) in [5.74, 6) is -1.48. The molecule has 0 aliphatic heterocycles. The van der Waals surface area contributed by atoms with Crippen molar-refractivity contribution in [2.24, 2.45) is 7.05 Å². The van der Waals surface area contributed by atoms with E-state index < -0.39 is 35.1 Å². The first-order valence-electron chi connectivity index (χ1n) is 6.80. The molecule has 140 valence electrons. The van der Waals surface area contributed by atoms with Gasteiger partial charge in [-0.15, -0.1) is 0 Å². The fraction of sp³-hybridized carbons (Fsp3) is 0.200. The second-order valence-corrected chi connectivity index (χ2v) is 6.05. The predicted molar refractivity (Wildman–Crippen MR) is 80.4 cm³/mol. The molecule has 0 unspecified atom stereocenters. The van der Waals surface area contributed by atoms with E-state index in [2.05, 4.69) is 5.10 Å². The molecule has 0 saturated heterocycles. The quantitative estimate of drug-likeness (QED) is 0.601. The van der Waals surface area contributed by atoms with Gasteiger partial charge in [-0.05, 0) is 24.3 Å². The standard InChI is InChI=1S/C15H10F6N2O2S/c1-23-13(26-9-4-2-3-8(7-9)14(16,17)18)10(5-6-11(24)25)12(22-23)15(19,20)21/h2-7H,1H3,(H,24,25)/b6-5+. The minimum absolute atomic E-state index is 0.0292. The number of alkyl halides is 6. The van der Waals surface area contributed by atoms with Crippen LogP contribution in [0.3, 0.4) is 0 Å². The highest BCUT2D eigenvalue weighted by Gasteiger charge is 2.38. The van der Waals surface area contributed by atoms with E-state index >= 15 is 0 Å². The van der Waals surface area contributed by atoms with Crippen LogP contribution in [0.1, 0.15) is 16.8 Å². The van der Waals surface area contributed by atoms with Gasteiger partial charge in [0.05, 0.1) is 5.56 Å². The fourth-order valence-corrected chi connectivity index (χ4v) is 3.01. The molecule has 1 aromatic carbocycles. The van der Waals surface area contributed by atoms with E-state index in [0.717, 1.165) is 22.9 Å². The zero-order valence-electron chi connectivity index (χ0n) is 12.9. The van der Waals surface area contributed by atoms with Gasteiger partial charge in [0.1, 0.15) is 5.03 Å². The Morgan fingerprint density at radius 2 is 1.85 bits per heavy atom. The van der Waals surface area contributed by atoms with Crippen molar-refractivity contribution in [1.82, 2.24) is 9.78 Å². The van der Waals surface area contributed by atoms with E-state index in [4.69, 9.17) is 5.11 Å². The lowest BCUT2D eigenvalue weighted by Crippen LogP contribution is -2.08. The molecule has 2 aromatic rings. The third kappa shape index (κ3) is 4.59. The lowest BCUT2D eigenvalue weighted by Gasteiger charge is -2.09. The van der Waals surface area contributed by atoms with Crippen LogP contribution in [0.15, 0.2) is 40.3 Å². The Morgan fingerprint density at radius 3 is 2.38 bits per heavy atom. The summed E-state index contributed by atoms with van der Waals surface area (Å²) in [5, 5.41) is 11.8. The van der Waals surface area contributed by atoms with E-state index in [1.165, 1.54) is 13.1 Å². The molecule has 0 radical (unpaired) electrons. The number of carbonyl (C=O) groups is 1. The number of hydrogen-bond acceptors (Lipinski definition) is 3. The summed E-state index contributed by atoms with van der Waals surface area (Å²) in [6.45, 7) is 0. The minimum Gasteiger partial charge on any atom is -0.478 e. The maximum atomic E-state index is 13.1. The highest BCUT2D eigenvalue weighted by Crippen LogP contribution is 2.40.